The molecule has 0 unspecified atom stereocenters. The van der Waals surface area contributed by atoms with Gasteiger partial charge in [-0.1, -0.05) is 48.8 Å². The number of carbonyl (C=O) groups is 2. The number of thioether (sulfide) groups is 1. The molecule has 2 rings (SSSR count). The van der Waals surface area contributed by atoms with Crippen molar-refractivity contribution >= 4 is 46.3 Å². The van der Waals surface area contributed by atoms with Crippen LogP contribution in [0.15, 0.2) is 41.8 Å². The maximum Gasteiger partial charge on any atom is 0.326 e. The molecule has 0 aliphatic carbocycles. The van der Waals surface area contributed by atoms with E-state index in [4.69, 9.17) is 22.1 Å². The van der Waals surface area contributed by atoms with Gasteiger partial charge in [0.25, 0.3) is 5.91 Å². The molecule has 1 N–H and O–H groups in total. The van der Waals surface area contributed by atoms with E-state index in [1.807, 2.05) is 12.1 Å². The molecular formula is C16H15NO4S2. The third kappa shape index (κ3) is 4.00. The molecule has 1 aliphatic heterocycles. The molecule has 1 saturated heterocycles. The molecule has 0 saturated carbocycles. The Morgan fingerprint density at radius 1 is 1.48 bits per heavy atom. The maximum atomic E-state index is 12.3. The SMILES string of the molecule is C=CCOc1ccc(/C=C2\SC(=S)N([C@@H](C)C(=O)O)C2=O)cc1. The molecule has 1 atom stereocenters. The third-order valence-corrected chi connectivity index (χ3v) is 4.44. The van der Waals surface area contributed by atoms with Crippen LogP contribution in [0.4, 0.5) is 0 Å². The smallest absolute Gasteiger partial charge is 0.326 e. The van der Waals surface area contributed by atoms with Gasteiger partial charge in [-0.05, 0) is 30.7 Å². The zero-order chi connectivity index (χ0) is 17.0. The minimum atomic E-state index is -1.09. The molecule has 1 aliphatic rings. The monoisotopic (exact) mass is 349 g/mol. The summed E-state index contributed by atoms with van der Waals surface area (Å²) < 4.78 is 5.64. The first-order chi connectivity index (χ1) is 10.9. The number of benzene rings is 1. The van der Waals surface area contributed by atoms with Gasteiger partial charge in [0, 0.05) is 0 Å². The number of carboxylic acid groups (broad SMARTS) is 1. The highest BCUT2D eigenvalue weighted by molar-refractivity contribution is 8.26. The number of carbonyl (C=O) groups excluding carboxylic acids is 1. The fraction of sp³-hybridized carbons (Fsp3) is 0.188. The molecule has 0 radical (unpaired) electrons. The van der Waals surface area contributed by atoms with E-state index >= 15 is 0 Å². The highest BCUT2D eigenvalue weighted by Gasteiger charge is 2.38. The Morgan fingerprint density at radius 3 is 2.70 bits per heavy atom. The van der Waals surface area contributed by atoms with Crippen molar-refractivity contribution in [3.63, 3.8) is 0 Å². The molecular weight excluding hydrogens is 334 g/mol. The van der Waals surface area contributed by atoms with E-state index in [2.05, 4.69) is 6.58 Å². The van der Waals surface area contributed by atoms with Crippen LogP contribution in [-0.4, -0.2) is 38.9 Å². The largest absolute Gasteiger partial charge is 0.490 e. The fourth-order valence-corrected chi connectivity index (χ4v) is 3.31. The number of hydrogen-bond acceptors (Lipinski definition) is 5. The second-order valence-corrected chi connectivity index (χ2v) is 6.41. The Labute approximate surface area is 143 Å². The van der Waals surface area contributed by atoms with E-state index < -0.39 is 12.0 Å². The molecule has 0 bridgehead atoms. The fourth-order valence-electron chi connectivity index (χ4n) is 1.89. The van der Waals surface area contributed by atoms with E-state index in [1.165, 1.54) is 6.92 Å². The molecule has 1 aromatic rings. The van der Waals surface area contributed by atoms with E-state index in [-0.39, 0.29) is 10.2 Å². The summed E-state index contributed by atoms with van der Waals surface area (Å²) in [6.07, 6.45) is 3.34. The summed E-state index contributed by atoms with van der Waals surface area (Å²) >= 11 is 6.21. The molecule has 1 heterocycles. The summed E-state index contributed by atoms with van der Waals surface area (Å²) in [7, 11) is 0. The van der Waals surface area contributed by atoms with Gasteiger partial charge in [-0.3, -0.25) is 9.69 Å². The first-order valence-corrected chi connectivity index (χ1v) is 8.00. The lowest BCUT2D eigenvalue weighted by Crippen LogP contribution is -2.41. The van der Waals surface area contributed by atoms with Crippen molar-refractivity contribution in [2.75, 3.05) is 6.61 Å². The molecule has 23 heavy (non-hydrogen) atoms. The second kappa shape index (κ2) is 7.43. The van der Waals surface area contributed by atoms with Crippen LogP contribution in [-0.2, 0) is 9.59 Å². The van der Waals surface area contributed by atoms with Crippen molar-refractivity contribution in [2.45, 2.75) is 13.0 Å². The van der Waals surface area contributed by atoms with Gasteiger partial charge >= 0.3 is 5.97 Å². The zero-order valence-electron chi connectivity index (χ0n) is 12.4. The van der Waals surface area contributed by atoms with Crippen LogP contribution in [0.2, 0.25) is 0 Å². The van der Waals surface area contributed by atoms with Gasteiger partial charge < -0.3 is 9.84 Å². The van der Waals surface area contributed by atoms with Crippen LogP contribution in [0.25, 0.3) is 6.08 Å². The lowest BCUT2D eigenvalue weighted by Gasteiger charge is -2.18. The first-order valence-electron chi connectivity index (χ1n) is 6.77. The summed E-state index contributed by atoms with van der Waals surface area (Å²) in [6.45, 7) is 5.43. The van der Waals surface area contributed by atoms with Crippen LogP contribution in [0.1, 0.15) is 12.5 Å². The van der Waals surface area contributed by atoms with Gasteiger partial charge in [-0.15, -0.1) is 0 Å². The number of ether oxygens (including phenoxy) is 1. The minimum Gasteiger partial charge on any atom is -0.490 e. The van der Waals surface area contributed by atoms with Crippen molar-refractivity contribution in [1.29, 1.82) is 0 Å². The Morgan fingerprint density at radius 2 is 2.13 bits per heavy atom. The summed E-state index contributed by atoms with van der Waals surface area (Å²) in [5.74, 6) is -0.776. The zero-order valence-corrected chi connectivity index (χ0v) is 14.0. The Bertz CT molecular complexity index is 682. The Hall–Kier alpha value is -2.12. The van der Waals surface area contributed by atoms with E-state index in [9.17, 15) is 9.59 Å². The summed E-state index contributed by atoms with van der Waals surface area (Å²) in [6, 6.07) is 6.21. The maximum absolute atomic E-state index is 12.3. The molecule has 1 fully saturated rings. The molecule has 120 valence electrons. The van der Waals surface area contributed by atoms with Crippen molar-refractivity contribution in [3.05, 3.63) is 47.4 Å². The van der Waals surface area contributed by atoms with Crippen molar-refractivity contribution in [1.82, 2.24) is 4.90 Å². The number of nitrogens with zero attached hydrogens (tertiary/aromatic N) is 1. The van der Waals surface area contributed by atoms with Crippen LogP contribution < -0.4 is 4.74 Å². The van der Waals surface area contributed by atoms with Gasteiger partial charge in [0.15, 0.2) is 0 Å². The number of thiocarbonyl (C=S) groups is 1. The van der Waals surface area contributed by atoms with Gasteiger partial charge in [0.2, 0.25) is 0 Å². The molecule has 0 aromatic heterocycles. The average Bonchev–Trinajstić information content (AvgIpc) is 2.80. The van der Waals surface area contributed by atoms with Crippen molar-refractivity contribution < 1.29 is 19.4 Å². The highest BCUT2D eigenvalue weighted by Crippen LogP contribution is 2.34. The lowest BCUT2D eigenvalue weighted by atomic mass is 10.2. The Balaban J connectivity index is 2.17. The quantitative estimate of drug-likeness (QED) is 0.484. The molecule has 7 heteroatoms. The first kappa shape index (κ1) is 17.2. The second-order valence-electron chi connectivity index (χ2n) is 4.73. The van der Waals surface area contributed by atoms with Crippen molar-refractivity contribution in [3.8, 4) is 5.75 Å². The van der Waals surface area contributed by atoms with Gasteiger partial charge in [-0.2, -0.15) is 0 Å². The molecule has 1 amide bonds. The topological polar surface area (TPSA) is 66.8 Å². The minimum absolute atomic E-state index is 0.252. The Kier molecular flexibility index (Phi) is 5.57. The van der Waals surface area contributed by atoms with Crippen LogP contribution in [0.5, 0.6) is 5.75 Å². The highest BCUT2D eigenvalue weighted by atomic mass is 32.2. The van der Waals surface area contributed by atoms with Crippen molar-refractivity contribution in [2.24, 2.45) is 0 Å². The third-order valence-electron chi connectivity index (χ3n) is 3.11. The lowest BCUT2D eigenvalue weighted by molar-refractivity contribution is -0.144. The number of amides is 1. The van der Waals surface area contributed by atoms with Gasteiger partial charge in [0.1, 0.15) is 22.7 Å². The van der Waals surface area contributed by atoms with Crippen LogP contribution in [0.3, 0.4) is 0 Å². The summed E-state index contributed by atoms with van der Waals surface area (Å²) in [5, 5.41) is 9.05. The van der Waals surface area contributed by atoms with Gasteiger partial charge in [0.05, 0.1) is 4.91 Å². The average molecular weight is 349 g/mol. The summed E-state index contributed by atoms with van der Waals surface area (Å²) in [4.78, 5) is 24.9. The van der Waals surface area contributed by atoms with E-state index in [1.54, 1.807) is 24.3 Å². The van der Waals surface area contributed by atoms with E-state index in [0.717, 1.165) is 22.2 Å². The number of rotatable bonds is 6. The standard InChI is InChI=1S/C16H15NO4S2/c1-3-8-21-12-6-4-11(5-7-12)9-13-14(18)17(16(22)23-13)10(2)15(19)20/h3-7,9-10H,1,8H2,2H3,(H,19,20)/b13-9-/t10-/m0/s1. The van der Waals surface area contributed by atoms with Crippen LogP contribution in [0, 0.1) is 0 Å². The summed E-state index contributed by atoms with van der Waals surface area (Å²) in [5.41, 5.74) is 0.805. The molecule has 5 nitrogen and oxygen atoms in total. The predicted molar refractivity (Wildman–Crippen MR) is 94.2 cm³/mol. The predicted octanol–water partition coefficient (Wildman–Crippen LogP) is 2.93. The number of hydrogen-bond donors (Lipinski definition) is 1. The van der Waals surface area contributed by atoms with Crippen LogP contribution >= 0.6 is 24.0 Å². The number of aliphatic carboxylic acids is 1. The number of carboxylic acids is 1. The molecule has 1 aromatic carbocycles. The molecule has 0 spiro atoms. The van der Waals surface area contributed by atoms with E-state index in [0.29, 0.717) is 17.3 Å². The van der Waals surface area contributed by atoms with Gasteiger partial charge in [-0.25, -0.2) is 4.79 Å². The normalized spacial score (nSPS) is 17.4.